The maximum absolute atomic E-state index is 12.4. The minimum absolute atomic E-state index is 0.0725. The molecule has 3 rings (SSSR count). The van der Waals surface area contributed by atoms with Crippen molar-refractivity contribution in [3.63, 3.8) is 0 Å². The molecular weight excluding hydrogens is 278 g/mol. The Morgan fingerprint density at radius 1 is 1.14 bits per heavy atom. The normalized spacial score (nSPS) is 10.8. The number of aromatic hydroxyl groups is 2. The molecule has 0 aliphatic heterocycles. The highest BCUT2D eigenvalue weighted by Crippen LogP contribution is 2.26. The summed E-state index contributed by atoms with van der Waals surface area (Å²) in [6.07, 6.45) is 1.84. The number of phenolic OH excluding ortho intramolecular Hbond substituents is 2. The fourth-order valence-electron chi connectivity index (χ4n) is 2.59. The third kappa shape index (κ3) is 2.63. The Balaban J connectivity index is 2.01. The van der Waals surface area contributed by atoms with Crippen LogP contribution in [0.25, 0.3) is 10.9 Å². The summed E-state index contributed by atoms with van der Waals surface area (Å²) in [7, 11) is 0. The summed E-state index contributed by atoms with van der Waals surface area (Å²) in [6, 6.07) is 11.8. The first-order valence-electron chi connectivity index (χ1n) is 6.94. The van der Waals surface area contributed by atoms with Crippen molar-refractivity contribution in [2.45, 2.75) is 13.3 Å². The molecule has 0 aliphatic rings. The Morgan fingerprint density at radius 2 is 1.95 bits per heavy atom. The number of carbonyl (C=O) groups is 1. The van der Waals surface area contributed by atoms with Gasteiger partial charge in [-0.15, -0.1) is 0 Å². The molecule has 1 heterocycles. The van der Waals surface area contributed by atoms with Crippen LogP contribution in [-0.2, 0) is 6.42 Å². The molecule has 0 atom stereocenters. The molecule has 3 aromatic rings. The van der Waals surface area contributed by atoms with E-state index in [1.54, 1.807) is 6.20 Å². The molecule has 0 bridgehead atoms. The quantitative estimate of drug-likeness (QED) is 0.726. The number of rotatable bonds is 3. The standard InChI is InChI=1S/C18H15NO3/c1-11-7-12-3-2-6-19-18(12)13(8-11)9-16(21)15-5-4-14(20)10-17(15)22/h2-8,10,20,22H,9H2,1H3. The molecule has 2 aromatic carbocycles. The van der Waals surface area contributed by atoms with Gasteiger partial charge in [-0.3, -0.25) is 9.78 Å². The Kier molecular flexibility index (Phi) is 3.51. The summed E-state index contributed by atoms with van der Waals surface area (Å²) >= 11 is 0. The van der Waals surface area contributed by atoms with Crippen molar-refractivity contribution in [2.75, 3.05) is 0 Å². The number of fused-ring (bicyclic) bond motifs is 1. The van der Waals surface area contributed by atoms with Gasteiger partial charge in [-0.05, 0) is 36.8 Å². The number of benzene rings is 2. The van der Waals surface area contributed by atoms with Crippen molar-refractivity contribution < 1.29 is 15.0 Å². The molecular formula is C18H15NO3. The summed E-state index contributed by atoms with van der Waals surface area (Å²) in [5.41, 5.74) is 2.87. The van der Waals surface area contributed by atoms with E-state index in [2.05, 4.69) is 4.98 Å². The predicted octanol–water partition coefficient (Wildman–Crippen LogP) is 3.38. The maximum Gasteiger partial charge on any atom is 0.171 e. The van der Waals surface area contributed by atoms with Crippen LogP contribution in [-0.4, -0.2) is 21.0 Å². The van der Waals surface area contributed by atoms with Gasteiger partial charge >= 0.3 is 0 Å². The Bertz CT molecular complexity index is 871. The van der Waals surface area contributed by atoms with Crippen molar-refractivity contribution in [1.82, 2.24) is 4.98 Å². The minimum atomic E-state index is -0.213. The third-order valence-electron chi connectivity index (χ3n) is 3.56. The highest BCUT2D eigenvalue weighted by atomic mass is 16.3. The summed E-state index contributed by atoms with van der Waals surface area (Å²) in [5.74, 6) is -0.498. The molecule has 0 unspecified atom stereocenters. The summed E-state index contributed by atoms with van der Waals surface area (Å²) in [4.78, 5) is 16.8. The number of phenols is 2. The Labute approximate surface area is 127 Å². The maximum atomic E-state index is 12.4. The lowest BCUT2D eigenvalue weighted by Crippen LogP contribution is -2.05. The fourth-order valence-corrected chi connectivity index (χ4v) is 2.59. The van der Waals surface area contributed by atoms with Gasteiger partial charge in [-0.25, -0.2) is 0 Å². The van der Waals surface area contributed by atoms with E-state index >= 15 is 0 Å². The van der Waals surface area contributed by atoms with E-state index in [0.29, 0.717) is 0 Å². The summed E-state index contributed by atoms with van der Waals surface area (Å²) in [6.45, 7) is 1.97. The molecule has 2 N–H and O–H groups in total. The zero-order valence-corrected chi connectivity index (χ0v) is 12.1. The van der Waals surface area contributed by atoms with Crippen LogP contribution in [0.3, 0.4) is 0 Å². The molecule has 0 radical (unpaired) electrons. The molecule has 1 aromatic heterocycles. The lowest BCUT2D eigenvalue weighted by molar-refractivity contribution is 0.0990. The lowest BCUT2D eigenvalue weighted by Gasteiger charge is -2.08. The number of pyridine rings is 1. The van der Waals surface area contributed by atoms with Crippen LogP contribution in [0.1, 0.15) is 21.5 Å². The molecule has 110 valence electrons. The number of hydrogen-bond acceptors (Lipinski definition) is 4. The highest BCUT2D eigenvalue weighted by Gasteiger charge is 2.14. The van der Waals surface area contributed by atoms with Gasteiger partial charge in [0.15, 0.2) is 5.78 Å². The van der Waals surface area contributed by atoms with Crippen LogP contribution in [0, 0.1) is 6.92 Å². The second kappa shape index (κ2) is 5.48. The van der Waals surface area contributed by atoms with Gasteiger partial charge in [0, 0.05) is 24.1 Å². The molecule has 0 saturated carbocycles. The van der Waals surface area contributed by atoms with Crippen molar-refractivity contribution in [1.29, 1.82) is 0 Å². The molecule has 0 aliphatic carbocycles. The van der Waals surface area contributed by atoms with Crippen molar-refractivity contribution >= 4 is 16.7 Å². The van der Waals surface area contributed by atoms with Crippen molar-refractivity contribution in [2.24, 2.45) is 0 Å². The number of aryl methyl sites for hydroxylation is 1. The third-order valence-corrected chi connectivity index (χ3v) is 3.56. The molecule has 0 saturated heterocycles. The van der Waals surface area contributed by atoms with Crippen molar-refractivity contribution in [3.05, 3.63) is 65.4 Å². The van der Waals surface area contributed by atoms with E-state index in [-0.39, 0.29) is 29.3 Å². The average molecular weight is 293 g/mol. The van der Waals surface area contributed by atoms with Gasteiger partial charge in [-0.1, -0.05) is 17.7 Å². The molecule has 0 spiro atoms. The number of carbonyl (C=O) groups excluding carboxylic acids is 1. The van der Waals surface area contributed by atoms with E-state index in [1.807, 2.05) is 31.2 Å². The summed E-state index contributed by atoms with van der Waals surface area (Å²) in [5, 5.41) is 20.1. The second-order valence-corrected chi connectivity index (χ2v) is 5.30. The lowest BCUT2D eigenvalue weighted by atomic mass is 9.98. The largest absolute Gasteiger partial charge is 0.508 e. The van der Waals surface area contributed by atoms with Gasteiger partial charge in [0.25, 0.3) is 0 Å². The monoisotopic (exact) mass is 293 g/mol. The van der Waals surface area contributed by atoms with Crippen LogP contribution in [0.2, 0.25) is 0 Å². The van der Waals surface area contributed by atoms with E-state index in [0.717, 1.165) is 22.0 Å². The van der Waals surface area contributed by atoms with Gasteiger partial charge in [-0.2, -0.15) is 0 Å². The van der Waals surface area contributed by atoms with Crippen LogP contribution in [0.4, 0.5) is 0 Å². The number of hydrogen-bond donors (Lipinski definition) is 2. The number of nitrogens with zero attached hydrogens (tertiary/aromatic N) is 1. The van der Waals surface area contributed by atoms with Gasteiger partial charge < -0.3 is 10.2 Å². The number of ketones is 1. The zero-order valence-electron chi connectivity index (χ0n) is 12.1. The van der Waals surface area contributed by atoms with Crippen molar-refractivity contribution in [3.8, 4) is 11.5 Å². The number of Topliss-reactive ketones (excluding diaryl/α,β-unsaturated/α-hetero) is 1. The second-order valence-electron chi connectivity index (χ2n) is 5.30. The van der Waals surface area contributed by atoms with Gasteiger partial charge in [0.1, 0.15) is 11.5 Å². The molecule has 0 amide bonds. The number of aromatic nitrogens is 1. The molecule has 0 fully saturated rings. The van der Waals surface area contributed by atoms with E-state index in [1.165, 1.54) is 18.2 Å². The first-order valence-corrected chi connectivity index (χ1v) is 6.94. The first-order chi connectivity index (χ1) is 10.5. The first kappa shape index (κ1) is 14.1. The van der Waals surface area contributed by atoms with E-state index < -0.39 is 0 Å². The van der Waals surface area contributed by atoms with Crippen LogP contribution >= 0.6 is 0 Å². The van der Waals surface area contributed by atoms with E-state index in [9.17, 15) is 15.0 Å². The van der Waals surface area contributed by atoms with Crippen LogP contribution in [0.5, 0.6) is 11.5 Å². The zero-order chi connectivity index (χ0) is 15.7. The van der Waals surface area contributed by atoms with Gasteiger partial charge in [0.05, 0.1) is 11.1 Å². The average Bonchev–Trinajstić information content (AvgIpc) is 2.46. The minimum Gasteiger partial charge on any atom is -0.508 e. The van der Waals surface area contributed by atoms with E-state index in [4.69, 9.17) is 0 Å². The predicted molar refractivity (Wildman–Crippen MR) is 84.3 cm³/mol. The fraction of sp³-hybridized carbons (Fsp3) is 0.111. The SMILES string of the molecule is Cc1cc(CC(=O)c2ccc(O)cc2O)c2ncccc2c1. The smallest absolute Gasteiger partial charge is 0.171 e. The Morgan fingerprint density at radius 3 is 2.73 bits per heavy atom. The highest BCUT2D eigenvalue weighted by molar-refractivity contribution is 6.01. The molecule has 22 heavy (non-hydrogen) atoms. The van der Waals surface area contributed by atoms with Crippen LogP contribution < -0.4 is 0 Å². The molecule has 4 nitrogen and oxygen atoms in total. The van der Waals surface area contributed by atoms with Crippen LogP contribution in [0.15, 0.2) is 48.7 Å². The molecule has 4 heteroatoms. The van der Waals surface area contributed by atoms with Gasteiger partial charge in [0.2, 0.25) is 0 Å². The topological polar surface area (TPSA) is 70.4 Å². The Hall–Kier alpha value is -2.88. The summed E-state index contributed by atoms with van der Waals surface area (Å²) < 4.78 is 0.